The maximum absolute atomic E-state index is 9.08. The summed E-state index contributed by atoms with van der Waals surface area (Å²) in [5.74, 6) is 0.235. The summed E-state index contributed by atoms with van der Waals surface area (Å²) in [6.07, 6.45) is 2.89. The second-order valence-corrected chi connectivity index (χ2v) is 3.91. The second kappa shape index (κ2) is 3.01. The number of aromatic hydroxyl groups is 1. The lowest BCUT2D eigenvalue weighted by Crippen LogP contribution is -1.83. The van der Waals surface area contributed by atoms with Gasteiger partial charge in [-0.25, -0.2) is 0 Å². The zero-order valence-electron chi connectivity index (χ0n) is 6.00. The minimum Gasteiger partial charge on any atom is -0.504 e. The number of hydrogen-bond donors (Lipinski definition) is 1. The van der Waals surface area contributed by atoms with Crippen LogP contribution in [0.25, 0.3) is 0 Å². The fraction of sp³-hybridized carbons (Fsp3) is 0.429. The van der Waals surface area contributed by atoms with Crippen molar-refractivity contribution >= 4 is 11.8 Å². The Balaban J connectivity index is 2.65. The van der Waals surface area contributed by atoms with E-state index in [1.807, 2.05) is 0 Å². The number of thioether (sulfide) groups is 1. The van der Waals surface area contributed by atoms with Crippen LogP contribution in [-0.4, -0.2) is 10.4 Å². The maximum atomic E-state index is 9.08. The number of furan rings is 1. The van der Waals surface area contributed by atoms with Gasteiger partial charge in [0.15, 0.2) is 5.75 Å². The highest BCUT2D eigenvalue weighted by Gasteiger charge is 2.05. The largest absolute Gasteiger partial charge is 0.504 e. The lowest BCUT2D eigenvalue weighted by molar-refractivity contribution is 0.452. The zero-order chi connectivity index (χ0) is 7.56. The third-order valence-corrected chi connectivity index (χ3v) is 2.00. The maximum Gasteiger partial charge on any atom is 0.167 e. The van der Waals surface area contributed by atoms with E-state index >= 15 is 0 Å². The SMILES string of the molecule is CC(C)Sc1cocc1O. The molecule has 0 aliphatic heterocycles. The van der Waals surface area contributed by atoms with Crippen molar-refractivity contribution in [1.82, 2.24) is 0 Å². The molecule has 0 saturated heterocycles. The number of rotatable bonds is 2. The molecule has 1 N–H and O–H groups in total. The van der Waals surface area contributed by atoms with E-state index in [9.17, 15) is 0 Å². The average molecular weight is 158 g/mol. The summed E-state index contributed by atoms with van der Waals surface area (Å²) in [4.78, 5) is 0.815. The van der Waals surface area contributed by atoms with E-state index in [1.54, 1.807) is 18.0 Å². The predicted octanol–water partition coefficient (Wildman–Crippen LogP) is 2.49. The van der Waals surface area contributed by atoms with Gasteiger partial charge in [0, 0.05) is 5.25 Å². The molecule has 0 aromatic carbocycles. The Labute approximate surface area is 64.2 Å². The van der Waals surface area contributed by atoms with Crippen molar-refractivity contribution in [2.45, 2.75) is 24.0 Å². The molecule has 0 spiro atoms. The average Bonchev–Trinajstić information content (AvgIpc) is 2.15. The number of hydrogen-bond acceptors (Lipinski definition) is 3. The second-order valence-electron chi connectivity index (χ2n) is 2.29. The van der Waals surface area contributed by atoms with Crippen LogP contribution in [0, 0.1) is 0 Å². The van der Waals surface area contributed by atoms with Gasteiger partial charge in [0.05, 0.1) is 4.90 Å². The summed E-state index contributed by atoms with van der Waals surface area (Å²) in [5, 5.41) is 9.56. The molecule has 0 radical (unpaired) electrons. The Morgan fingerprint density at radius 1 is 1.50 bits per heavy atom. The highest BCUT2D eigenvalue weighted by molar-refractivity contribution is 8.00. The van der Waals surface area contributed by atoms with E-state index in [2.05, 4.69) is 13.8 Å². The normalized spacial score (nSPS) is 10.7. The van der Waals surface area contributed by atoms with E-state index in [1.165, 1.54) is 6.26 Å². The van der Waals surface area contributed by atoms with Crippen LogP contribution in [0.2, 0.25) is 0 Å². The first-order valence-electron chi connectivity index (χ1n) is 3.12. The zero-order valence-corrected chi connectivity index (χ0v) is 6.81. The molecule has 0 saturated carbocycles. The summed E-state index contributed by atoms with van der Waals surface area (Å²) in [7, 11) is 0. The van der Waals surface area contributed by atoms with Gasteiger partial charge in [-0.1, -0.05) is 13.8 Å². The minimum atomic E-state index is 0.235. The Morgan fingerprint density at radius 2 is 2.20 bits per heavy atom. The fourth-order valence-corrected chi connectivity index (χ4v) is 1.41. The summed E-state index contributed by atoms with van der Waals surface area (Å²) >= 11 is 1.59. The first kappa shape index (κ1) is 7.54. The first-order valence-corrected chi connectivity index (χ1v) is 4.00. The molecule has 1 aromatic heterocycles. The van der Waals surface area contributed by atoms with Gasteiger partial charge < -0.3 is 9.52 Å². The molecule has 1 rings (SSSR count). The van der Waals surface area contributed by atoms with Crippen molar-refractivity contribution in [1.29, 1.82) is 0 Å². The van der Waals surface area contributed by atoms with Gasteiger partial charge in [-0.2, -0.15) is 0 Å². The van der Waals surface area contributed by atoms with E-state index < -0.39 is 0 Å². The highest BCUT2D eigenvalue weighted by atomic mass is 32.2. The molecular formula is C7H10O2S. The van der Waals surface area contributed by atoms with Crippen LogP contribution in [0.5, 0.6) is 5.75 Å². The molecule has 0 unspecified atom stereocenters. The van der Waals surface area contributed by atoms with Crippen molar-refractivity contribution < 1.29 is 9.52 Å². The summed E-state index contributed by atoms with van der Waals surface area (Å²) < 4.78 is 4.78. The molecule has 0 fully saturated rings. The van der Waals surface area contributed by atoms with E-state index in [4.69, 9.17) is 9.52 Å². The van der Waals surface area contributed by atoms with Crippen LogP contribution in [0.1, 0.15) is 13.8 Å². The van der Waals surface area contributed by atoms with Gasteiger partial charge >= 0.3 is 0 Å². The highest BCUT2D eigenvalue weighted by Crippen LogP contribution is 2.31. The monoisotopic (exact) mass is 158 g/mol. The lowest BCUT2D eigenvalue weighted by atomic mass is 10.6. The van der Waals surface area contributed by atoms with Crippen LogP contribution in [0.4, 0.5) is 0 Å². The van der Waals surface area contributed by atoms with Gasteiger partial charge in [-0.15, -0.1) is 11.8 Å². The Morgan fingerprint density at radius 3 is 2.60 bits per heavy atom. The van der Waals surface area contributed by atoms with Gasteiger partial charge in [0.2, 0.25) is 0 Å². The molecule has 3 heteroatoms. The van der Waals surface area contributed by atoms with Crippen LogP contribution in [-0.2, 0) is 0 Å². The summed E-state index contributed by atoms with van der Waals surface area (Å²) in [6, 6.07) is 0. The summed E-state index contributed by atoms with van der Waals surface area (Å²) in [5.41, 5.74) is 0. The summed E-state index contributed by atoms with van der Waals surface area (Å²) in [6.45, 7) is 4.13. The van der Waals surface area contributed by atoms with Gasteiger partial charge in [-0.3, -0.25) is 0 Å². The topological polar surface area (TPSA) is 33.4 Å². The van der Waals surface area contributed by atoms with Crippen LogP contribution >= 0.6 is 11.8 Å². The smallest absolute Gasteiger partial charge is 0.167 e. The van der Waals surface area contributed by atoms with Crippen molar-refractivity contribution in [2.75, 3.05) is 0 Å². The van der Waals surface area contributed by atoms with Crippen molar-refractivity contribution in [2.24, 2.45) is 0 Å². The predicted molar refractivity (Wildman–Crippen MR) is 41.4 cm³/mol. The van der Waals surface area contributed by atoms with Gasteiger partial charge in [0.25, 0.3) is 0 Å². The van der Waals surface area contributed by atoms with Crippen LogP contribution in [0.3, 0.4) is 0 Å². The molecule has 56 valence electrons. The van der Waals surface area contributed by atoms with Gasteiger partial charge in [-0.05, 0) is 0 Å². The molecule has 10 heavy (non-hydrogen) atoms. The lowest BCUT2D eigenvalue weighted by Gasteiger charge is -1.99. The van der Waals surface area contributed by atoms with Crippen LogP contribution < -0.4 is 0 Å². The quantitative estimate of drug-likeness (QED) is 0.671. The van der Waals surface area contributed by atoms with Crippen molar-refractivity contribution in [3.8, 4) is 5.75 Å². The molecule has 0 aliphatic rings. The molecule has 0 bridgehead atoms. The molecule has 0 aliphatic carbocycles. The van der Waals surface area contributed by atoms with E-state index in [0.29, 0.717) is 5.25 Å². The molecule has 1 heterocycles. The third kappa shape index (κ3) is 1.70. The standard InChI is InChI=1S/C7H10O2S/c1-5(2)10-7-4-9-3-6(7)8/h3-5,8H,1-2H3. The Bertz CT molecular complexity index is 205. The molecule has 0 atom stereocenters. The van der Waals surface area contributed by atoms with Crippen LogP contribution in [0.15, 0.2) is 21.8 Å². The molecule has 2 nitrogen and oxygen atoms in total. The minimum absolute atomic E-state index is 0.235. The van der Waals surface area contributed by atoms with Gasteiger partial charge in [0.1, 0.15) is 12.5 Å². The van der Waals surface area contributed by atoms with E-state index in [-0.39, 0.29) is 5.75 Å². The fourth-order valence-electron chi connectivity index (χ4n) is 0.621. The van der Waals surface area contributed by atoms with Crippen molar-refractivity contribution in [3.63, 3.8) is 0 Å². The first-order chi connectivity index (χ1) is 4.70. The molecular weight excluding hydrogens is 148 g/mol. The van der Waals surface area contributed by atoms with Crippen molar-refractivity contribution in [3.05, 3.63) is 12.5 Å². The third-order valence-electron chi connectivity index (χ3n) is 0.970. The molecule has 1 aromatic rings. The Hall–Kier alpha value is -0.570. The van der Waals surface area contributed by atoms with E-state index in [0.717, 1.165) is 4.90 Å². The molecule has 0 amide bonds. The Kier molecular flexibility index (Phi) is 2.27.